The van der Waals surface area contributed by atoms with E-state index in [1.54, 1.807) is 45.9 Å². The lowest BCUT2D eigenvalue weighted by atomic mass is 9.97. The van der Waals surface area contributed by atoms with Crippen molar-refractivity contribution in [1.82, 2.24) is 15.5 Å². The molecule has 0 spiro atoms. The molecule has 0 radical (unpaired) electrons. The second kappa shape index (κ2) is 12.8. The molecular weight excluding hydrogens is 482 g/mol. The van der Waals surface area contributed by atoms with Gasteiger partial charge in [-0.25, -0.2) is 4.79 Å². The molecule has 3 N–H and O–H groups in total. The fraction of sp³-hybridized carbons (Fsp3) is 0.500. The number of amides is 3. The fourth-order valence-electron chi connectivity index (χ4n) is 4.10. The molecule has 0 aliphatic rings. The zero-order valence-corrected chi connectivity index (χ0v) is 23.9. The Hall–Kier alpha value is -3.55. The number of ether oxygens (including phenoxy) is 1. The largest absolute Gasteiger partial charge is 0.507 e. The lowest BCUT2D eigenvalue weighted by Crippen LogP contribution is -2.55. The highest BCUT2D eigenvalue weighted by molar-refractivity contribution is 5.93. The molecule has 0 bridgehead atoms. The van der Waals surface area contributed by atoms with E-state index in [9.17, 15) is 19.5 Å². The van der Waals surface area contributed by atoms with Crippen molar-refractivity contribution in [3.8, 4) is 5.75 Å². The highest BCUT2D eigenvalue weighted by Crippen LogP contribution is 2.33. The lowest BCUT2D eigenvalue weighted by molar-refractivity contribution is -0.143. The van der Waals surface area contributed by atoms with E-state index in [1.165, 1.54) is 4.90 Å². The van der Waals surface area contributed by atoms with Crippen LogP contribution in [0.15, 0.2) is 48.5 Å². The monoisotopic (exact) mass is 525 g/mol. The molecule has 8 nitrogen and oxygen atoms in total. The van der Waals surface area contributed by atoms with Gasteiger partial charge in [-0.1, -0.05) is 55.5 Å². The van der Waals surface area contributed by atoms with Gasteiger partial charge in [-0.15, -0.1) is 0 Å². The van der Waals surface area contributed by atoms with Gasteiger partial charge in [0.05, 0.1) is 0 Å². The van der Waals surface area contributed by atoms with E-state index >= 15 is 0 Å². The van der Waals surface area contributed by atoms with Crippen molar-refractivity contribution in [2.45, 2.75) is 91.5 Å². The zero-order valence-electron chi connectivity index (χ0n) is 23.9. The van der Waals surface area contributed by atoms with Crippen LogP contribution < -0.4 is 10.6 Å². The zero-order chi connectivity index (χ0) is 28.7. The Morgan fingerprint density at radius 1 is 0.974 bits per heavy atom. The number of benzene rings is 2. The van der Waals surface area contributed by atoms with E-state index < -0.39 is 41.1 Å². The molecule has 208 valence electrons. The number of nitrogens with zero attached hydrogens (tertiary/aromatic N) is 1. The maximum absolute atomic E-state index is 14.2. The van der Waals surface area contributed by atoms with Gasteiger partial charge in [-0.2, -0.15) is 0 Å². The molecule has 0 saturated heterocycles. The number of alkyl carbamates (subject to hydrolysis) is 1. The molecular formula is C30H43N3O5. The van der Waals surface area contributed by atoms with Crippen molar-refractivity contribution in [2.75, 3.05) is 6.54 Å². The number of phenolic OH excluding ortho intramolecular Hbond substituents is 1. The summed E-state index contributed by atoms with van der Waals surface area (Å²) in [4.78, 5) is 42.1. The van der Waals surface area contributed by atoms with Crippen molar-refractivity contribution < 1.29 is 24.2 Å². The summed E-state index contributed by atoms with van der Waals surface area (Å²) < 4.78 is 5.45. The Labute approximate surface area is 226 Å². The molecule has 2 aromatic carbocycles. The number of aromatic hydroxyl groups is 1. The molecule has 38 heavy (non-hydrogen) atoms. The quantitative estimate of drug-likeness (QED) is 0.426. The highest BCUT2D eigenvalue weighted by Gasteiger charge is 2.38. The third kappa shape index (κ3) is 9.08. The van der Waals surface area contributed by atoms with Crippen molar-refractivity contribution in [3.63, 3.8) is 0 Å². The van der Waals surface area contributed by atoms with Crippen LogP contribution in [0.3, 0.4) is 0 Å². The van der Waals surface area contributed by atoms with Gasteiger partial charge < -0.3 is 25.4 Å². The third-order valence-corrected chi connectivity index (χ3v) is 5.64. The number of hydrogen-bond acceptors (Lipinski definition) is 5. The molecule has 8 heteroatoms. The Balaban J connectivity index is 2.58. The Morgan fingerprint density at radius 2 is 1.61 bits per heavy atom. The third-order valence-electron chi connectivity index (χ3n) is 5.64. The van der Waals surface area contributed by atoms with Crippen molar-refractivity contribution in [1.29, 1.82) is 0 Å². The molecule has 0 fully saturated rings. The van der Waals surface area contributed by atoms with Crippen LogP contribution in [0, 0.1) is 6.92 Å². The van der Waals surface area contributed by atoms with E-state index in [0.29, 0.717) is 17.5 Å². The van der Waals surface area contributed by atoms with Crippen molar-refractivity contribution in [2.24, 2.45) is 0 Å². The summed E-state index contributed by atoms with van der Waals surface area (Å²) in [5, 5.41) is 16.6. The first-order chi connectivity index (χ1) is 17.6. The SMILES string of the molecule is CCCN(C(=O)C(Cc1ccccc1)NC(=O)OC(C)(C)C)C(C(=O)NC(C)(C)C)c1cccc(C)c1O. The standard InChI is InChI=1S/C30H43N3O5/c1-9-18-33(24(26(35)32-29(3,4)5)22-17-13-14-20(2)25(22)34)27(36)23(19-21-15-11-10-12-16-21)31-28(37)38-30(6,7)8/h10-17,23-24,34H,9,18-19H2,1-8H3,(H,31,37)(H,32,35). The van der Waals surface area contributed by atoms with Gasteiger partial charge in [0.2, 0.25) is 11.8 Å². The second-order valence-electron chi connectivity index (χ2n) is 11.6. The highest BCUT2D eigenvalue weighted by atomic mass is 16.6. The first kappa shape index (κ1) is 30.7. The number of rotatable bonds is 9. The molecule has 0 aliphatic heterocycles. The lowest BCUT2D eigenvalue weighted by Gasteiger charge is -2.36. The maximum Gasteiger partial charge on any atom is 0.408 e. The Bertz CT molecular complexity index is 1100. The molecule has 2 atom stereocenters. The fourth-order valence-corrected chi connectivity index (χ4v) is 4.10. The summed E-state index contributed by atoms with van der Waals surface area (Å²) >= 11 is 0. The minimum atomic E-state index is -1.11. The number of nitrogens with one attached hydrogen (secondary N) is 2. The average molecular weight is 526 g/mol. The van der Waals surface area contributed by atoms with Crippen LogP contribution in [0.25, 0.3) is 0 Å². The minimum absolute atomic E-state index is 0.0461. The van der Waals surface area contributed by atoms with E-state index in [2.05, 4.69) is 10.6 Å². The first-order valence-electron chi connectivity index (χ1n) is 13.1. The van der Waals surface area contributed by atoms with Crippen LogP contribution in [0.4, 0.5) is 4.79 Å². The van der Waals surface area contributed by atoms with Gasteiger partial charge in [0.25, 0.3) is 0 Å². The molecule has 0 aliphatic carbocycles. The van der Waals surface area contributed by atoms with Crippen molar-refractivity contribution in [3.05, 3.63) is 65.2 Å². The van der Waals surface area contributed by atoms with Crippen LogP contribution in [-0.4, -0.2) is 51.6 Å². The van der Waals surface area contributed by atoms with Gasteiger partial charge in [0, 0.05) is 24.1 Å². The summed E-state index contributed by atoms with van der Waals surface area (Å²) in [5.41, 5.74) is 0.425. The summed E-state index contributed by atoms with van der Waals surface area (Å²) in [6.45, 7) is 14.7. The summed E-state index contributed by atoms with van der Waals surface area (Å²) in [6, 6.07) is 12.4. The number of para-hydroxylation sites is 1. The molecule has 0 saturated carbocycles. The molecule has 0 heterocycles. The van der Waals surface area contributed by atoms with Gasteiger partial charge in [-0.05, 0) is 66.0 Å². The summed E-state index contributed by atoms with van der Waals surface area (Å²) in [5.74, 6) is -0.914. The van der Waals surface area contributed by atoms with Gasteiger partial charge in [-0.3, -0.25) is 9.59 Å². The predicted octanol–water partition coefficient (Wildman–Crippen LogP) is 5.03. The maximum atomic E-state index is 14.2. The summed E-state index contributed by atoms with van der Waals surface area (Å²) in [7, 11) is 0. The predicted molar refractivity (Wildman–Crippen MR) is 149 cm³/mol. The molecule has 0 aromatic heterocycles. The van der Waals surface area contributed by atoms with Gasteiger partial charge in [0.15, 0.2) is 0 Å². The average Bonchev–Trinajstić information content (AvgIpc) is 2.79. The molecule has 2 unspecified atom stereocenters. The normalized spacial score (nSPS) is 13.3. The molecule has 2 aromatic rings. The van der Waals surface area contributed by atoms with Crippen LogP contribution in [0.5, 0.6) is 5.75 Å². The van der Waals surface area contributed by atoms with Crippen LogP contribution in [0.2, 0.25) is 0 Å². The number of carbonyl (C=O) groups is 3. The van der Waals surface area contributed by atoms with E-state index in [-0.39, 0.29) is 18.7 Å². The van der Waals surface area contributed by atoms with Crippen LogP contribution >= 0.6 is 0 Å². The van der Waals surface area contributed by atoms with Gasteiger partial charge >= 0.3 is 6.09 Å². The minimum Gasteiger partial charge on any atom is -0.507 e. The molecule has 3 amide bonds. The number of phenols is 1. The topological polar surface area (TPSA) is 108 Å². The van der Waals surface area contributed by atoms with Gasteiger partial charge in [0.1, 0.15) is 23.4 Å². The number of carbonyl (C=O) groups excluding carboxylic acids is 3. The number of hydrogen-bond donors (Lipinski definition) is 3. The van der Waals surface area contributed by atoms with Crippen LogP contribution in [-0.2, 0) is 20.7 Å². The van der Waals surface area contributed by atoms with E-state index in [4.69, 9.17) is 4.74 Å². The second-order valence-corrected chi connectivity index (χ2v) is 11.6. The Morgan fingerprint density at radius 3 is 2.16 bits per heavy atom. The first-order valence-corrected chi connectivity index (χ1v) is 13.1. The summed E-state index contributed by atoms with van der Waals surface area (Å²) in [6.07, 6.45) is 0.0339. The van der Waals surface area contributed by atoms with E-state index in [1.807, 2.05) is 58.0 Å². The van der Waals surface area contributed by atoms with E-state index in [0.717, 1.165) is 5.56 Å². The van der Waals surface area contributed by atoms with Crippen molar-refractivity contribution >= 4 is 17.9 Å². The number of aryl methyl sites for hydroxylation is 1. The smallest absolute Gasteiger partial charge is 0.408 e. The van der Waals surface area contributed by atoms with Crippen LogP contribution in [0.1, 0.15) is 77.6 Å². The molecule has 2 rings (SSSR count). The Kier molecular flexibility index (Phi) is 10.3.